The van der Waals surface area contributed by atoms with Crippen LogP contribution in [0.25, 0.3) is 0 Å². The third-order valence-corrected chi connectivity index (χ3v) is 5.97. The first-order valence-corrected chi connectivity index (χ1v) is 10.5. The quantitative estimate of drug-likeness (QED) is 0.739. The van der Waals surface area contributed by atoms with E-state index in [1.54, 1.807) is 13.2 Å². The van der Waals surface area contributed by atoms with E-state index in [0.717, 1.165) is 31.5 Å². The van der Waals surface area contributed by atoms with Gasteiger partial charge in [-0.2, -0.15) is 4.31 Å². The molecule has 1 saturated heterocycles. The van der Waals surface area contributed by atoms with Gasteiger partial charge in [0.15, 0.2) is 0 Å². The Labute approximate surface area is 150 Å². The standard InChI is InChI=1S/C18H28N2O4S/c1-15-8-11-19(12-9-15)18(21)10-13-20(25(3,22)23)14-16-6-4-5-7-17(16)24-2/h4-7,15H,8-14H2,1-3H3. The monoisotopic (exact) mass is 368 g/mol. The average molecular weight is 368 g/mol. The van der Waals surface area contributed by atoms with Gasteiger partial charge in [0.1, 0.15) is 5.75 Å². The molecule has 1 amide bonds. The lowest BCUT2D eigenvalue weighted by atomic mass is 9.99. The lowest BCUT2D eigenvalue weighted by molar-refractivity contribution is -0.132. The van der Waals surface area contributed by atoms with Gasteiger partial charge in [-0.25, -0.2) is 8.42 Å². The summed E-state index contributed by atoms with van der Waals surface area (Å²) in [6.45, 7) is 4.12. The van der Waals surface area contributed by atoms with E-state index >= 15 is 0 Å². The van der Waals surface area contributed by atoms with E-state index in [4.69, 9.17) is 4.74 Å². The fourth-order valence-corrected chi connectivity index (χ4v) is 3.82. The molecule has 0 saturated carbocycles. The maximum absolute atomic E-state index is 12.4. The van der Waals surface area contributed by atoms with Crippen molar-refractivity contribution in [3.05, 3.63) is 29.8 Å². The van der Waals surface area contributed by atoms with Gasteiger partial charge in [0.25, 0.3) is 0 Å². The Morgan fingerprint density at radius 3 is 2.52 bits per heavy atom. The number of hydrogen-bond donors (Lipinski definition) is 0. The molecule has 25 heavy (non-hydrogen) atoms. The predicted molar refractivity (Wildman–Crippen MR) is 97.8 cm³/mol. The number of sulfonamides is 1. The van der Waals surface area contributed by atoms with Gasteiger partial charge in [-0.05, 0) is 24.8 Å². The molecule has 0 unspecified atom stereocenters. The number of piperidine rings is 1. The molecule has 0 aliphatic carbocycles. The zero-order valence-electron chi connectivity index (χ0n) is 15.3. The summed E-state index contributed by atoms with van der Waals surface area (Å²) in [5.41, 5.74) is 0.787. The maximum Gasteiger partial charge on any atom is 0.223 e. The van der Waals surface area contributed by atoms with E-state index < -0.39 is 10.0 Å². The highest BCUT2D eigenvalue weighted by Gasteiger charge is 2.23. The highest BCUT2D eigenvalue weighted by molar-refractivity contribution is 7.88. The molecule has 0 aromatic heterocycles. The average Bonchev–Trinajstić information content (AvgIpc) is 2.58. The van der Waals surface area contributed by atoms with Gasteiger partial charge in [0, 0.05) is 38.2 Å². The molecule has 2 rings (SSSR count). The van der Waals surface area contributed by atoms with Crippen LogP contribution in [0.3, 0.4) is 0 Å². The number of likely N-dealkylation sites (tertiary alicyclic amines) is 1. The second-order valence-corrected chi connectivity index (χ2v) is 8.70. The third kappa shape index (κ3) is 5.71. The summed E-state index contributed by atoms with van der Waals surface area (Å²) in [6, 6.07) is 7.33. The minimum Gasteiger partial charge on any atom is -0.496 e. The normalized spacial score (nSPS) is 16.2. The number of carbonyl (C=O) groups is 1. The molecule has 0 bridgehead atoms. The summed E-state index contributed by atoms with van der Waals surface area (Å²) in [4.78, 5) is 14.2. The van der Waals surface area contributed by atoms with Crippen LogP contribution in [0.1, 0.15) is 31.7 Å². The molecule has 0 spiro atoms. The molecule has 6 nitrogen and oxygen atoms in total. The number of nitrogens with zero attached hydrogens (tertiary/aromatic N) is 2. The fraction of sp³-hybridized carbons (Fsp3) is 0.611. The number of carbonyl (C=O) groups excluding carboxylic acids is 1. The predicted octanol–water partition coefficient (Wildman–Crippen LogP) is 2.11. The van der Waals surface area contributed by atoms with E-state index in [-0.39, 0.29) is 25.4 Å². The Balaban J connectivity index is 2.00. The van der Waals surface area contributed by atoms with Crippen LogP contribution in [0.15, 0.2) is 24.3 Å². The lowest BCUT2D eigenvalue weighted by Gasteiger charge is -2.31. The van der Waals surface area contributed by atoms with Crippen molar-refractivity contribution in [3.8, 4) is 5.75 Å². The van der Waals surface area contributed by atoms with Crippen molar-refractivity contribution in [2.45, 2.75) is 32.7 Å². The van der Waals surface area contributed by atoms with Crippen molar-refractivity contribution in [3.63, 3.8) is 0 Å². The van der Waals surface area contributed by atoms with Crippen molar-refractivity contribution in [2.24, 2.45) is 5.92 Å². The first kappa shape index (κ1) is 19.7. The molecular formula is C18H28N2O4S. The minimum absolute atomic E-state index is 0.0283. The number of para-hydroxylation sites is 1. The van der Waals surface area contributed by atoms with Crippen molar-refractivity contribution in [2.75, 3.05) is 33.0 Å². The van der Waals surface area contributed by atoms with Crippen LogP contribution < -0.4 is 4.74 Å². The van der Waals surface area contributed by atoms with Crippen molar-refractivity contribution >= 4 is 15.9 Å². The first-order chi connectivity index (χ1) is 11.8. The van der Waals surface area contributed by atoms with Gasteiger partial charge in [-0.3, -0.25) is 4.79 Å². The largest absolute Gasteiger partial charge is 0.496 e. The molecule has 1 aliphatic heterocycles. The molecule has 1 aromatic rings. The summed E-state index contributed by atoms with van der Waals surface area (Å²) < 4.78 is 30.9. The van der Waals surface area contributed by atoms with Crippen LogP contribution in [0, 0.1) is 5.92 Å². The van der Waals surface area contributed by atoms with Crippen LogP contribution in [-0.2, 0) is 21.4 Å². The second kappa shape index (κ2) is 8.67. The lowest BCUT2D eigenvalue weighted by Crippen LogP contribution is -2.40. The van der Waals surface area contributed by atoms with Crippen molar-refractivity contribution in [1.29, 1.82) is 0 Å². The van der Waals surface area contributed by atoms with E-state index in [9.17, 15) is 13.2 Å². The van der Waals surface area contributed by atoms with Gasteiger partial charge >= 0.3 is 0 Å². The highest BCUT2D eigenvalue weighted by Crippen LogP contribution is 2.21. The Morgan fingerprint density at radius 1 is 1.28 bits per heavy atom. The van der Waals surface area contributed by atoms with Gasteiger partial charge in [-0.1, -0.05) is 25.1 Å². The minimum atomic E-state index is -3.42. The highest BCUT2D eigenvalue weighted by atomic mass is 32.2. The van der Waals surface area contributed by atoms with Gasteiger partial charge in [0.05, 0.1) is 13.4 Å². The molecule has 1 heterocycles. The van der Waals surface area contributed by atoms with Crippen LogP contribution in [0.4, 0.5) is 0 Å². The van der Waals surface area contributed by atoms with Crippen LogP contribution in [-0.4, -0.2) is 56.5 Å². The number of rotatable bonds is 7. The molecular weight excluding hydrogens is 340 g/mol. The zero-order valence-corrected chi connectivity index (χ0v) is 16.1. The molecule has 0 radical (unpaired) electrons. The molecule has 0 N–H and O–H groups in total. The SMILES string of the molecule is COc1ccccc1CN(CCC(=O)N1CCC(C)CC1)S(C)(=O)=O. The van der Waals surface area contributed by atoms with Crippen LogP contribution in [0.5, 0.6) is 5.75 Å². The van der Waals surface area contributed by atoms with E-state index in [2.05, 4.69) is 6.92 Å². The number of benzene rings is 1. The Bertz CT molecular complexity index is 682. The second-order valence-electron chi connectivity index (χ2n) is 6.72. The summed E-state index contributed by atoms with van der Waals surface area (Å²) in [5, 5.41) is 0. The summed E-state index contributed by atoms with van der Waals surface area (Å²) in [5.74, 6) is 1.33. The molecule has 7 heteroatoms. The Hall–Kier alpha value is -1.60. The number of amides is 1. The van der Waals surface area contributed by atoms with E-state index in [1.165, 1.54) is 10.6 Å². The third-order valence-electron chi connectivity index (χ3n) is 4.72. The number of hydrogen-bond acceptors (Lipinski definition) is 4. The Kier molecular flexibility index (Phi) is 6.84. The summed E-state index contributed by atoms with van der Waals surface area (Å²) in [6.07, 6.45) is 3.41. The van der Waals surface area contributed by atoms with E-state index in [1.807, 2.05) is 23.1 Å². The van der Waals surface area contributed by atoms with Crippen LogP contribution in [0.2, 0.25) is 0 Å². The number of methoxy groups -OCH3 is 1. The smallest absolute Gasteiger partial charge is 0.223 e. The van der Waals surface area contributed by atoms with Crippen molar-refractivity contribution in [1.82, 2.24) is 9.21 Å². The number of ether oxygens (including phenoxy) is 1. The molecule has 1 fully saturated rings. The van der Waals surface area contributed by atoms with E-state index in [0.29, 0.717) is 11.7 Å². The van der Waals surface area contributed by atoms with Gasteiger partial charge in [-0.15, -0.1) is 0 Å². The fourth-order valence-electron chi connectivity index (χ4n) is 3.02. The molecule has 1 aromatic carbocycles. The molecule has 140 valence electrons. The first-order valence-electron chi connectivity index (χ1n) is 8.66. The zero-order chi connectivity index (χ0) is 18.4. The maximum atomic E-state index is 12.4. The van der Waals surface area contributed by atoms with Crippen molar-refractivity contribution < 1.29 is 17.9 Å². The van der Waals surface area contributed by atoms with Gasteiger partial charge < -0.3 is 9.64 Å². The summed E-state index contributed by atoms with van der Waals surface area (Å²) in [7, 11) is -1.86. The van der Waals surface area contributed by atoms with Crippen LogP contribution >= 0.6 is 0 Å². The molecule has 1 aliphatic rings. The van der Waals surface area contributed by atoms with Gasteiger partial charge in [0.2, 0.25) is 15.9 Å². The summed E-state index contributed by atoms with van der Waals surface area (Å²) >= 11 is 0. The molecule has 0 atom stereocenters. The Morgan fingerprint density at radius 2 is 1.92 bits per heavy atom. The topological polar surface area (TPSA) is 66.9 Å².